The van der Waals surface area contributed by atoms with Crippen LogP contribution in [0.5, 0.6) is 0 Å². The Bertz CT molecular complexity index is 919. The highest BCUT2D eigenvalue weighted by molar-refractivity contribution is 5.98. The van der Waals surface area contributed by atoms with E-state index in [9.17, 15) is 14.4 Å². The van der Waals surface area contributed by atoms with E-state index in [0.717, 1.165) is 12.0 Å². The molecule has 1 fully saturated rings. The van der Waals surface area contributed by atoms with Crippen LogP contribution in [0.15, 0.2) is 54.6 Å². The molecule has 0 aromatic heterocycles. The number of nitrogens with zero attached hydrogens (tertiary/aromatic N) is 1. The van der Waals surface area contributed by atoms with Crippen molar-refractivity contribution >= 4 is 23.4 Å². The molecule has 0 aliphatic carbocycles. The van der Waals surface area contributed by atoms with Gasteiger partial charge in [-0.15, -0.1) is 0 Å². The second-order valence-electron chi connectivity index (χ2n) is 8.66. The molecule has 3 rings (SSSR count). The lowest BCUT2D eigenvalue weighted by Gasteiger charge is -2.25. The third-order valence-electron chi connectivity index (χ3n) is 5.15. The first-order chi connectivity index (χ1) is 14.2. The van der Waals surface area contributed by atoms with E-state index in [0.29, 0.717) is 30.8 Å². The van der Waals surface area contributed by atoms with Crippen molar-refractivity contribution in [1.29, 1.82) is 0 Å². The Morgan fingerprint density at radius 3 is 2.43 bits per heavy atom. The standard InChI is InChI=1S/C24H29N3O3/c1-24(2,3)23(30)25-19-12-7-11-18(15-19)22(29)26-20(17-9-5-4-6-10-17)16-27-14-8-13-21(27)28/h4-7,9-12,15,20H,8,13-14,16H2,1-3H3,(H,25,30)(H,26,29). The molecule has 6 nitrogen and oxygen atoms in total. The fourth-order valence-electron chi connectivity index (χ4n) is 3.34. The molecule has 1 aliphatic heterocycles. The Kier molecular flexibility index (Phi) is 6.55. The average molecular weight is 408 g/mol. The maximum Gasteiger partial charge on any atom is 0.251 e. The highest BCUT2D eigenvalue weighted by Gasteiger charge is 2.26. The number of benzene rings is 2. The normalized spacial score (nSPS) is 15.0. The number of carbonyl (C=O) groups excluding carboxylic acids is 3. The predicted molar refractivity (Wildman–Crippen MR) is 117 cm³/mol. The van der Waals surface area contributed by atoms with Crippen LogP contribution in [0.4, 0.5) is 5.69 Å². The number of nitrogens with one attached hydrogen (secondary N) is 2. The minimum absolute atomic E-state index is 0.116. The first-order valence-corrected chi connectivity index (χ1v) is 10.3. The van der Waals surface area contributed by atoms with Crippen LogP contribution in [0.25, 0.3) is 0 Å². The molecule has 1 unspecified atom stereocenters. The summed E-state index contributed by atoms with van der Waals surface area (Å²) in [6, 6.07) is 16.2. The summed E-state index contributed by atoms with van der Waals surface area (Å²) in [5, 5.41) is 5.92. The lowest BCUT2D eigenvalue weighted by Crippen LogP contribution is -2.38. The topological polar surface area (TPSA) is 78.5 Å². The number of likely N-dealkylation sites (tertiary alicyclic amines) is 1. The van der Waals surface area contributed by atoms with E-state index < -0.39 is 5.41 Å². The molecule has 2 aromatic rings. The van der Waals surface area contributed by atoms with Crippen molar-refractivity contribution in [3.05, 3.63) is 65.7 Å². The van der Waals surface area contributed by atoms with E-state index in [1.165, 1.54) is 0 Å². The van der Waals surface area contributed by atoms with Crippen molar-refractivity contribution in [2.75, 3.05) is 18.4 Å². The second kappa shape index (κ2) is 9.11. The third kappa shape index (κ3) is 5.47. The molecular formula is C24H29N3O3. The predicted octanol–water partition coefficient (Wildman–Crippen LogP) is 3.76. The number of hydrogen-bond acceptors (Lipinski definition) is 3. The largest absolute Gasteiger partial charge is 0.343 e. The van der Waals surface area contributed by atoms with Crippen molar-refractivity contribution in [3.63, 3.8) is 0 Å². The number of hydrogen-bond donors (Lipinski definition) is 2. The molecule has 2 aromatic carbocycles. The highest BCUT2D eigenvalue weighted by Crippen LogP contribution is 2.21. The van der Waals surface area contributed by atoms with Crippen molar-refractivity contribution in [3.8, 4) is 0 Å². The summed E-state index contributed by atoms with van der Waals surface area (Å²) < 4.78 is 0. The Morgan fingerprint density at radius 1 is 1.07 bits per heavy atom. The Morgan fingerprint density at radius 2 is 1.80 bits per heavy atom. The summed E-state index contributed by atoms with van der Waals surface area (Å²) in [5.74, 6) is -0.241. The summed E-state index contributed by atoms with van der Waals surface area (Å²) in [4.78, 5) is 39.1. The SMILES string of the molecule is CC(C)(C)C(=O)Nc1cccc(C(=O)NC(CN2CCCC2=O)c2ccccc2)c1. The molecule has 158 valence electrons. The minimum Gasteiger partial charge on any atom is -0.343 e. The van der Waals surface area contributed by atoms with E-state index in [2.05, 4.69) is 10.6 Å². The van der Waals surface area contributed by atoms with Crippen LogP contribution in [-0.2, 0) is 9.59 Å². The van der Waals surface area contributed by atoms with Gasteiger partial charge in [-0.1, -0.05) is 57.2 Å². The van der Waals surface area contributed by atoms with E-state index in [1.54, 1.807) is 29.2 Å². The number of anilines is 1. The second-order valence-corrected chi connectivity index (χ2v) is 8.66. The van der Waals surface area contributed by atoms with Gasteiger partial charge in [-0.2, -0.15) is 0 Å². The molecule has 6 heteroatoms. The van der Waals surface area contributed by atoms with Gasteiger partial charge in [0.05, 0.1) is 6.04 Å². The molecule has 1 aliphatic rings. The number of carbonyl (C=O) groups is 3. The van der Waals surface area contributed by atoms with Crippen LogP contribution in [0.3, 0.4) is 0 Å². The van der Waals surface area contributed by atoms with Gasteiger partial charge in [-0.3, -0.25) is 14.4 Å². The van der Waals surface area contributed by atoms with Crippen molar-refractivity contribution in [2.45, 2.75) is 39.7 Å². The van der Waals surface area contributed by atoms with Crippen LogP contribution in [-0.4, -0.2) is 35.7 Å². The molecule has 1 atom stereocenters. The molecule has 1 heterocycles. The van der Waals surface area contributed by atoms with Crippen LogP contribution in [0.2, 0.25) is 0 Å². The first-order valence-electron chi connectivity index (χ1n) is 10.3. The van der Waals surface area contributed by atoms with Crippen LogP contribution in [0, 0.1) is 5.41 Å². The molecule has 0 saturated carbocycles. The van der Waals surface area contributed by atoms with Crippen LogP contribution >= 0.6 is 0 Å². The van der Waals surface area contributed by atoms with Crippen LogP contribution < -0.4 is 10.6 Å². The van der Waals surface area contributed by atoms with Gasteiger partial charge < -0.3 is 15.5 Å². The zero-order valence-electron chi connectivity index (χ0n) is 17.8. The zero-order valence-corrected chi connectivity index (χ0v) is 17.8. The molecule has 0 radical (unpaired) electrons. The monoisotopic (exact) mass is 407 g/mol. The van der Waals surface area contributed by atoms with E-state index in [1.807, 2.05) is 51.1 Å². The maximum atomic E-state index is 13.0. The van der Waals surface area contributed by atoms with E-state index >= 15 is 0 Å². The first kappa shape index (κ1) is 21.6. The molecule has 0 spiro atoms. The Labute approximate surface area is 177 Å². The molecule has 1 saturated heterocycles. The molecule has 30 heavy (non-hydrogen) atoms. The quantitative estimate of drug-likeness (QED) is 0.765. The van der Waals surface area contributed by atoms with Gasteiger partial charge in [0, 0.05) is 36.2 Å². The van der Waals surface area contributed by atoms with Gasteiger partial charge in [0.1, 0.15) is 0 Å². The van der Waals surface area contributed by atoms with Crippen molar-refractivity contribution in [2.24, 2.45) is 5.41 Å². The summed E-state index contributed by atoms with van der Waals surface area (Å²) in [7, 11) is 0. The van der Waals surface area contributed by atoms with E-state index in [-0.39, 0.29) is 23.8 Å². The molecule has 2 N–H and O–H groups in total. The Balaban J connectivity index is 1.76. The third-order valence-corrected chi connectivity index (χ3v) is 5.15. The average Bonchev–Trinajstić information content (AvgIpc) is 3.12. The summed E-state index contributed by atoms with van der Waals surface area (Å²) >= 11 is 0. The minimum atomic E-state index is -0.529. The summed E-state index contributed by atoms with van der Waals surface area (Å²) in [5.41, 5.74) is 1.45. The van der Waals surface area contributed by atoms with Gasteiger partial charge in [0.15, 0.2) is 0 Å². The van der Waals surface area contributed by atoms with Gasteiger partial charge >= 0.3 is 0 Å². The van der Waals surface area contributed by atoms with Gasteiger partial charge in [-0.05, 0) is 30.2 Å². The van der Waals surface area contributed by atoms with E-state index in [4.69, 9.17) is 0 Å². The summed E-state index contributed by atoms with van der Waals surface area (Å²) in [6.07, 6.45) is 1.41. The van der Waals surface area contributed by atoms with Gasteiger partial charge in [0.25, 0.3) is 5.91 Å². The van der Waals surface area contributed by atoms with Gasteiger partial charge in [0.2, 0.25) is 11.8 Å². The lowest BCUT2D eigenvalue weighted by atomic mass is 9.95. The smallest absolute Gasteiger partial charge is 0.251 e. The zero-order chi connectivity index (χ0) is 21.7. The van der Waals surface area contributed by atoms with Crippen molar-refractivity contribution < 1.29 is 14.4 Å². The molecule has 0 bridgehead atoms. The lowest BCUT2D eigenvalue weighted by molar-refractivity contribution is -0.128. The number of amides is 3. The maximum absolute atomic E-state index is 13.0. The van der Waals surface area contributed by atoms with Crippen LogP contribution in [0.1, 0.15) is 55.6 Å². The fourth-order valence-corrected chi connectivity index (χ4v) is 3.34. The number of rotatable bonds is 6. The van der Waals surface area contributed by atoms with Gasteiger partial charge in [-0.25, -0.2) is 0 Å². The molecule has 3 amide bonds. The summed E-state index contributed by atoms with van der Waals surface area (Å²) in [6.45, 7) is 6.66. The van der Waals surface area contributed by atoms with Crippen molar-refractivity contribution in [1.82, 2.24) is 10.2 Å². The molecular weight excluding hydrogens is 378 g/mol. The highest BCUT2D eigenvalue weighted by atomic mass is 16.2. The fraction of sp³-hybridized carbons (Fsp3) is 0.375. The Hall–Kier alpha value is -3.15.